The highest BCUT2D eigenvalue weighted by atomic mass is 32.1. The molecule has 7 nitrogen and oxygen atoms in total. The van der Waals surface area contributed by atoms with Gasteiger partial charge in [0.15, 0.2) is 5.13 Å². The number of ether oxygens (including phenoxy) is 1. The molecule has 0 saturated carbocycles. The zero-order valence-corrected chi connectivity index (χ0v) is 19.1. The number of nitrogens with zero attached hydrogens (tertiary/aromatic N) is 2. The number of thiazole rings is 1. The lowest BCUT2D eigenvalue weighted by atomic mass is 10.0. The van der Waals surface area contributed by atoms with E-state index < -0.39 is 5.97 Å². The molecule has 4 rings (SSSR count). The van der Waals surface area contributed by atoms with Gasteiger partial charge in [-0.25, -0.2) is 9.78 Å². The number of hydrogen-bond acceptors (Lipinski definition) is 6. The van der Waals surface area contributed by atoms with Crippen LogP contribution in [0.3, 0.4) is 0 Å². The maximum absolute atomic E-state index is 12.8. The van der Waals surface area contributed by atoms with Gasteiger partial charge in [-0.15, -0.1) is 0 Å². The van der Waals surface area contributed by atoms with E-state index in [1.807, 2.05) is 32.9 Å². The lowest BCUT2D eigenvalue weighted by Crippen LogP contribution is -2.28. The number of anilines is 1. The average Bonchev–Trinajstić information content (AvgIpc) is 3.12. The van der Waals surface area contributed by atoms with Gasteiger partial charge in [-0.2, -0.15) is 0 Å². The number of pyridine rings is 1. The number of hydrogen-bond donors (Lipinski definition) is 1. The summed E-state index contributed by atoms with van der Waals surface area (Å²) in [5.74, 6) is -0.744. The molecule has 0 atom stereocenters. The third kappa shape index (κ3) is 4.13. The number of rotatable bonds is 5. The molecule has 8 heteroatoms. The van der Waals surface area contributed by atoms with Gasteiger partial charge in [0.05, 0.1) is 27.9 Å². The Morgan fingerprint density at radius 2 is 1.88 bits per heavy atom. The second kappa shape index (κ2) is 8.55. The Bertz CT molecular complexity index is 1430. The second-order valence-electron chi connectivity index (χ2n) is 7.70. The molecule has 2 aromatic carbocycles. The minimum Gasteiger partial charge on any atom is -0.462 e. The molecule has 0 aliphatic rings. The van der Waals surface area contributed by atoms with E-state index >= 15 is 0 Å². The smallest absolute Gasteiger partial charge is 0.338 e. The van der Waals surface area contributed by atoms with E-state index in [0.717, 1.165) is 32.3 Å². The van der Waals surface area contributed by atoms with E-state index in [-0.39, 0.29) is 18.0 Å². The molecule has 1 amide bonds. The minimum absolute atomic E-state index is 0.122. The first-order valence-electron chi connectivity index (χ1n) is 10.3. The van der Waals surface area contributed by atoms with Gasteiger partial charge >= 0.3 is 5.97 Å². The third-order valence-electron chi connectivity index (χ3n) is 5.19. The first-order chi connectivity index (χ1) is 15.3. The van der Waals surface area contributed by atoms with Crippen molar-refractivity contribution in [2.24, 2.45) is 0 Å². The number of esters is 1. The van der Waals surface area contributed by atoms with Crippen molar-refractivity contribution in [3.63, 3.8) is 0 Å². The zero-order chi connectivity index (χ0) is 23.0. The summed E-state index contributed by atoms with van der Waals surface area (Å²) < 4.78 is 7.29. The topological polar surface area (TPSA) is 90.3 Å². The van der Waals surface area contributed by atoms with Crippen molar-refractivity contribution >= 4 is 49.5 Å². The quantitative estimate of drug-likeness (QED) is 0.458. The Labute approximate surface area is 188 Å². The Hall–Kier alpha value is -3.52. The predicted octanol–water partition coefficient (Wildman–Crippen LogP) is 4.35. The molecule has 4 aromatic rings. The van der Waals surface area contributed by atoms with Gasteiger partial charge in [-0.05, 0) is 63.1 Å². The summed E-state index contributed by atoms with van der Waals surface area (Å²) in [7, 11) is 0. The van der Waals surface area contributed by atoms with Gasteiger partial charge in [0.25, 0.3) is 5.56 Å². The van der Waals surface area contributed by atoms with Gasteiger partial charge in [-0.3, -0.25) is 14.2 Å². The highest BCUT2D eigenvalue weighted by Crippen LogP contribution is 2.27. The molecule has 0 aliphatic carbocycles. The number of nitrogens with one attached hydrogen (secondary N) is 1. The van der Waals surface area contributed by atoms with Crippen LogP contribution in [0, 0.1) is 20.8 Å². The van der Waals surface area contributed by atoms with E-state index in [1.165, 1.54) is 15.9 Å². The first kappa shape index (κ1) is 21.7. The van der Waals surface area contributed by atoms with Crippen molar-refractivity contribution in [2.75, 3.05) is 11.9 Å². The standard InChI is InChI=1S/C24H23N3O4S/c1-5-31-23(30)16-6-7-18-19(11-16)32-24(25-18)26-20(28)12-27-21(29)10-14(3)17-9-13(2)8-15(4)22(17)27/h6-11H,5,12H2,1-4H3,(H,25,26,28). The molecular formula is C24H23N3O4S. The Balaban J connectivity index is 1.62. The van der Waals surface area contributed by atoms with Crippen molar-refractivity contribution in [3.8, 4) is 0 Å². The van der Waals surface area contributed by atoms with Crippen LogP contribution in [0.4, 0.5) is 5.13 Å². The number of aryl methyl sites for hydroxylation is 3. The largest absolute Gasteiger partial charge is 0.462 e. The van der Waals surface area contributed by atoms with Crippen molar-refractivity contribution < 1.29 is 14.3 Å². The molecule has 32 heavy (non-hydrogen) atoms. The van der Waals surface area contributed by atoms with Crippen LogP contribution in [-0.4, -0.2) is 28.0 Å². The summed E-state index contributed by atoms with van der Waals surface area (Å²) in [4.78, 5) is 41.9. The second-order valence-corrected chi connectivity index (χ2v) is 8.73. The van der Waals surface area contributed by atoms with Crippen LogP contribution in [0.5, 0.6) is 0 Å². The van der Waals surface area contributed by atoms with Crippen LogP contribution < -0.4 is 10.9 Å². The van der Waals surface area contributed by atoms with Crippen LogP contribution in [0.1, 0.15) is 34.0 Å². The van der Waals surface area contributed by atoms with Gasteiger partial charge in [0.1, 0.15) is 6.54 Å². The Morgan fingerprint density at radius 3 is 2.62 bits per heavy atom. The molecule has 0 saturated heterocycles. The number of carbonyl (C=O) groups excluding carboxylic acids is 2. The Morgan fingerprint density at radius 1 is 1.09 bits per heavy atom. The predicted molar refractivity (Wildman–Crippen MR) is 127 cm³/mol. The number of amides is 1. The lowest BCUT2D eigenvalue weighted by molar-refractivity contribution is -0.116. The summed E-state index contributed by atoms with van der Waals surface area (Å²) in [5.41, 5.74) is 4.58. The van der Waals surface area contributed by atoms with Gasteiger partial charge < -0.3 is 10.1 Å². The molecule has 0 aliphatic heterocycles. The zero-order valence-electron chi connectivity index (χ0n) is 18.3. The van der Waals surface area contributed by atoms with Crippen molar-refractivity contribution in [1.82, 2.24) is 9.55 Å². The van der Waals surface area contributed by atoms with E-state index in [9.17, 15) is 14.4 Å². The van der Waals surface area contributed by atoms with Crippen molar-refractivity contribution in [3.05, 3.63) is 69.0 Å². The van der Waals surface area contributed by atoms with Crippen LogP contribution in [0.2, 0.25) is 0 Å². The fourth-order valence-electron chi connectivity index (χ4n) is 3.85. The fourth-order valence-corrected chi connectivity index (χ4v) is 4.77. The summed E-state index contributed by atoms with van der Waals surface area (Å²) in [6.45, 7) is 7.78. The van der Waals surface area contributed by atoms with E-state index in [0.29, 0.717) is 22.8 Å². The van der Waals surface area contributed by atoms with Crippen LogP contribution in [0.25, 0.3) is 21.1 Å². The van der Waals surface area contributed by atoms with E-state index in [2.05, 4.69) is 10.3 Å². The number of aromatic nitrogens is 2. The molecule has 164 valence electrons. The summed E-state index contributed by atoms with van der Waals surface area (Å²) >= 11 is 1.26. The van der Waals surface area contributed by atoms with Gasteiger partial charge in [0.2, 0.25) is 5.91 Å². The lowest BCUT2D eigenvalue weighted by Gasteiger charge is -2.14. The SMILES string of the molecule is CCOC(=O)c1ccc2nc(NC(=O)Cn3c(=O)cc(C)c4cc(C)cc(C)c43)sc2c1. The summed E-state index contributed by atoms with van der Waals surface area (Å²) in [6.07, 6.45) is 0. The molecule has 0 radical (unpaired) electrons. The van der Waals surface area contributed by atoms with Crippen LogP contribution in [0.15, 0.2) is 41.2 Å². The molecule has 2 heterocycles. The summed E-state index contributed by atoms with van der Waals surface area (Å²) in [5, 5.41) is 4.15. The fraction of sp³-hybridized carbons (Fsp3) is 0.250. The highest BCUT2D eigenvalue weighted by Gasteiger charge is 2.15. The molecule has 0 spiro atoms. The molecule has 0 bridgehead atoms. The molecule has 0 fully saturated rings. The minimum atomic E-state index is -0.399. The maximum Gasteiger partial charge on any atom is 0.338 e. The Kier molecular flexibility index (Phi) is 5.80. The number of carbonyl (C=O) groups is 2. The first-order valence-corrected chi connectivity index (χ1v) is 11.1. The van der Waals surface area contributed by atoms with Gasteiger partial charge in [0, 0.05) is 11.5 Å². The molecular weight excluding hydrogens is 426 g/mol. The van der Waals surface area contributed by atoms with Crippen LogP contribution >= 0.6 is 11.3 Å². The molecule has 0 unspecified atom stereocenters. The summed E-state index contributed by atoms with van der Waals surface area (Å²) in [6, 6.07) is 10.7. The number of benzene rings is 2. The monoisotopic (exact) mass is 449 g/mol. The van der Waals surface area contributed by atoms with Crippen molar-refractivity contribution in [1.29, 1.82) is 0 Å². The highest BCUT2D eigenvalue weighted by molar-refractivity contribution is 7.22. The molecule has 2 aromatic heterocycles. The van der Waals surface area contributed by atoms with E-state index in [4.69, 9.17) is 4.74 Å². The maximum atomic E-state index is 12.8. The van der Waals surface area contributed by atoms with Crippen LogP contribution in [-0.2, 0) is 16.1 Å². The van der Waals surface area contributed by atoms with Crippen molar-refractivity contribution in [2.45, 2.75) is 34.2 Å². The number of fused-ring (bicyclic) bond motifs is 2. The van der Waals surface area contributed by atoms with Gasteiger partial charge in [-0.1, -0.05) is 23.0 Å². The normalized spacial score (nSPS) is 11.1. The third-order valence-corrected chi connectivity index (χ3v) is 6.13. The van der Waals surface area contributed by atoms with E-state index in [1.54, 1.807) is 31.2 Å². The molecule has 1 N–H and O–H groups in total. The average molecular weight is 450 g/mol.